The third-order valence-electron chi connectivity index (χ3n) is 3.25. The summed E-state index contributed by atoms with van der Waals surface area (Å²) in [4.78, 5) is 2.09. The van der Waals surface area contributed by atoms with Crippen molar-refractivity contribution in [2.45, 2.75) is 6.42 Å². The van der Waals surface area contributed by atoms with Crippen LogP contribution in [0.2, 0.25) is 10.0 Å². The molecule has 3 rings (SSSR count). The fourth-order valence-corrected chi connectivity index (χ4v) is 3.11. The van der Waals surface area contributed by atoms with Gasteiger partial charge in [-0.1, -0.05) is 35.3 Å². The number of nitrogens with two attached hydrogens (primary N) is 1. The van der Waals surface area contributed by atoms with Crippen molar-refractivity contribution in [3.8, 4) is 5.75 Å². The summed E-state index contributed by atoms with van der Waals surface area (Å²) in [6.45, 7) is 1.47. The summed E-state index contributed by atoms with van der Waals surface area (Å²) in [6.07, 6.45) is 0.895. The molecule has 0 unspecified atom stereocenters. The van der Waals surface area contributed by atoms with Crippen molar-refractivity contribution < 1.29 is 4.74 Å². The van der Waals surface area contributed by atoms with E-state index in [9.17, 15) is 0 Å². The number of hydrogen-bond acceptors (Lipinski definition) is 3. The number of benzene rings is 2. The van der Waals surface area contributed by atoms with E-state index in [1.807, 2.05) is 24.3 Å². The molecule has 0 radical (unpaired) electrons. The molecule has 2 aromatic rings. The highest BCUT2D eigenvalue weighted by Crippen LogP contribution is 2.43. The van der Waals surface area contributed by atoms with Crippen molar-refractivity contribution in [2.24, 2.45) is 0 Å². The van der Waals surface area contributed by atoms with Gasteiger partial charge in [0.15, 0.2) is 0 Å². The van der Waals surface area contributed by atoms with Crippen molar-refractivity contribution in [1.82, 2.24) is 0 Å². The highest BCUT2D eigenvalue weighted by atomic mass is 35.5. The molecular formula is C15H14Cl2N2O. The smallest absolute Gasteiger partial charge is 0.142 e. The largest absolute Gasteiger partial charge is 0.491 e. The van der Waals surface area contributed by atoms with E-state index in [4.69, 9.17) is 33.7 Å². The number of fused-ring (bicyclic) bond motifs is 1. The molecule has 0 saturated carbocycles. The molecule has 0 fully saturated rings. The van der Waals surface area contributed by atoms with Gasteiger partial charge in [0.1, 0.15) is 5.75 Å². The van der Waals surface area contributed by atoms with Gasteiger partial charge in [0.25, 0.3) is 0 Å². The second-order valence-corrected chi connectivity index (χ2v) is 5.47. The van der Waals surface area contributed by atoms with Crippen LogP contribution in [0.1, 0.15) is 6.42 Å². The molecule has 2 aromatic carbocycles. The third kappa shape index (κ3) is 2.39. The van der Waals surface area contributed by atoms with E-state index in [2.05, 4.69) is 4.90 Å². The summed E-state index contributed by atoms with van der Waals surface area (Å²) >= 11 is 12.7. The first-order chi connectivity index (χ1) is 9.66. The molecular weight excluding hydrogens is 295 g/mol. The van der Waals surface area contributed by atoms with E-state index in [1.165, 1.54) is 0 Å². The van der Waals surface area contributed by atoms with Crippen molar-refractivity contribution >= 4 is 40.3 Å². The van der Waals surface area contributed by atoms with Crippen LogP contribution in [0.4, 0.5) is 17.1 Å². The van der Waals surface area contributed by atoms with Gasteiger partial charge in [0.2, 0.25) is 0 Å². The Balaban J connectivity index is 2.15. The Labute approximate surface area is 127 Å². The SMILES string of the molecule is Nc1cc(Cl)c(N2CCCOc3ccccc32)c(Cl)c1. The minimum Gasteiger partial charge on any atom is -0.491 e. The number of ether oxygens (including phenoxy) is 1. The first-order valence-electron chi connectivity index (χ1n) is 6.40. The number of nitrogens with zero attached hydrogens (tertiary/aromatic N) is 1. The molecule has 2 N–H and O–H groups in total. The molecule has 1 aliphatic heterocycles. The lowest BCUT2D eigenvalue weighted by Crippen LogP contribution is -2.18. The predicted molar refractivity (Wildman–Crippen MR) is 84.4 cm³/mol. The lowest BCUT2D eigenvalue weighted by Gasteiger charge is -2.26. The topological polar surface area (TPSA) is 38.5 Å². The van der Waals surface area contributed by atoms with Gasteiger partial charge in [-0.25, -0.2) is 0 Å². The van der Waals surface area contributed by atoms with Crippen LogP contribution in [0.3, 0.4) is 0 Å². The summed E-state index contributed by atoms with van der Waals surface area (Å²) in [5.41, 5.74) is 8.08. The summed E-state index contributed by atoms with van der Waals surface area (Å²) in [6, 6.07) is 11.3. The molecule has 0 saturated heterocycles. The van der Waals surface area contributed by atoms with Gasteiger partial charge < -0.3 is 15.4 Å². The molecule has 0 aliphatic carbocycles. The van der Waals surface area contributed by atoms with Crippen LogP contribution >= 0.6 is 23.2 Å². The number of para-hydroxylation sites is 2. The Morgan fingerprint density at radius 3 is 2.55 bits per heavy atom. The molecule has 104 valence electrons. The third-order valence-corrected chi connectivity index (χ3v) is 3.83. The maximum atomic E-state index is 6.34. The zero-order valence-corrected chi connectivity index (χ0v) is 12.3. The number of halogens is 2. The van der Waals surface area contributed by atoms with E-state index < -0.39 is 0 Å². The molecule has 0 atom stereocenters. The predicted octanol–water partition coefficient (Wildman–Crippen LogP) is 4.50. The Morgan fingerprint density at radius 1 is 1.10 bits per heavy atom. The average Bonchev–Trinajstić information content (AvgIpc) is 2.61. The normalized spacial score (nSPS) is 14.4. The highest BCUT2D eigenvalue weighted by molar-refractivity contribution is 6.39. The van der Waals surface area contributed by atoms with E-state index in [0.717, 1.165) is 30.1 Å². The van der Waals surface area contributed by atoms with Gasteiger partial charge in [-0.05, 0) is 30.7 Å². The average molecular weight is 309 g/mol. The van der Waals surface area contributed by atoms with E-state index in [0.29, 0.717) is 22.3 Å². The van der Waals surface area contributed by atoms with Gasteiger partial charge in [-0.15, -0.1) is 0 Å². The van der Waals surface area contributed by atoms with Crippen molar-refractivity contribution in [3.63, 3.8) is 0 Å². The first-order valence-corrected chi connectivity index (χ1v) is 7.16. The molecule has 0 bridgehead atoms. The highest BCUT2D eigenvalue weighted by Gasteiger charge is 2.22. The fourth-order valence-electron chi connectivity index (χ4n) is 2.40. The summed E-state index contributed by atoms with van der Waals surface area (Å²) < 4.78 is 5.75. The van der Waals surface area contributed by atoms with Crippen molar-refractivity contribution in [3.05, 3.63) is 46.4 Å². The number of anilines is 3. The minimum absolute atomic E-state index is 0.548. The standard InChI is InChI=1S/C15H14Cl2N2O/c16-11-8-10(18)9-12(17)15(11)19-6-3-7-20-14-5-2-1-4-13(14)19/h1-2,4-5,8-9H,3,6-7,18H2. The number of rotatable bonds is 1. The van der Waals surface area contributed by atoms with Crippen LogP contribution in [-0.4, -0.2) is 13.2 Å². The fraction of sp³-hybridized carbons (Fsp3) is 0.200. The second kappa shape index (κ2) is 5.43. The molecule has 1 aliphatic rings. The van der Waals surface area contributed by atoms with Crippen LogP contribution in [0.15, 0.2) is 36.4 Å². The van der Waals surface area contributed by atoms with Crippen LogP contribution < -0.4 is 15.4 Å². The van der Waals surface area contributed by atoms with E-state index in [-0.39, 0.29) is 0 Å². The monoisotopic (exact) mass is 308 g/mol. The first kappa shape index (κ1) is 13.4. The van der Waals surface area contributed by atoms with E-state index >= 15 is 0 Å². The second-order valence-electron chi connectivity index (χ2n) is 4.65. The minimum atomic E-state index is 0.548. The van der Waals surface area contributed by atoms with Crippen LogP contribution in [0.5, 0.6) is 5.75 Å². The number of hydrogen-bond donors (Lipinski definition) is 1. The molecule has 0 spiro atoms. The summed E-state index contributed by atoms with van der Waals surface area (Å²) in [5.74, 6) is 0.842. The summed E-state index contributed by atoms with van der Waals surface area (Å²) in [5, 5.41) is 1.10. The maximum absolute atomic E-state index is 6.34. The lowest BCUT2D eigenvalue weighted by molar-refractivity contribution is 0.322. The Morgan fingerprint density at radius 2 is 1.80 bits per heavy atom. The van der Waals surface area contributed by atoms with Crippen LogP contribution in [0.25, 0.3) is 0 Å². The van der Waals surface area contributed by atoms with Crippen molar-refractivity contribution in [2.75, 3.05) is 23.8 Å². The van der Waals surface area contributed by atoms with Crippen LogP contribution in [-0.2, 0) is 0 Å². The molecule has 1 heterocycles. The quantitative estimate of drug-likeness (QED) is 0.788. The Bertz CT molecular complexity index is 623. The van der Waals surface area contributed by atoms with Crippen molar-refractivity contribution in [1.29, 1.82) is 0 Å². The van der Waals surface area contributed by atoms with Crippen LogP contribution in [0, 0.1) is 0 Å². The van der Waals surface area contributed by atoms with Gasteiger partial charge in [-0.3, -0.25) is 0 Å². The zero-order chi connectivity index (χ0) is 14.1. The zero-order valence-electron chi connectivity index (χ0n) is 10.8. The van der Waals surface area contributed by atoms with Gasteiger partial charge >= 0.3 is 0 Å². The summed E-state index contributed by atoms with van der Waals surface area (Å²) in [7, 11) is 0. The molecule has 0 amide bonds. The lowest BCUT2D eigenvalue weighted by atomic mass is 10.2. The molecule has 5 heteroatoms. The Kier molecular flexibility index (Phi) is 3.64. The molecule has 3 nitrogen and oxygen atoms in total. The Hall–Kier alpha value is -1.58. The van der Waals surface area contributed by atoms with Gasteiger partial charge in [0.05, 0.1) is 28.0 Å². The molecule has 0 aromatic heterocycles. The molecule has 20 heavy (non-hydrogen) atoms. The van der Waals surface area contributed by atoms with E-state index in [1.54, 1.807) is 12.1 Å². The maximum Gasteiger partial charge on any atom is 0.142 e. The van der Waals surface area contributed by atoms with Gasteiger partial charge in [-0.2, -0.15) is 0 Å². The number of nitrogen functional groups attached to an aromatic ring is 1. The van der Waals surface area contributed by atoms with Gasteiger partial charge in [0, 0.05) is 12.2 Å².